The summed E-state index contributed by atoms with van der Waals surface area (Å²) in [4.78, 5) is 26.0. The number of nitrogens with one attached hydrogen (secondary N) is 1. The van der Waals surface area contributed by atoms with Gasteiger partial charge >= 0.3 is 0 Å². The molecule has 4 nitrogen and oxygen atoms in total. The molecule has 0 saturated carbocycles. The fourth-order valence-electron chi connectivity index (χ4n) is 2.49. The number of ketones is 1. The third-order valence-corrected chi connectivity index (χ3v) is 3.52. The van der Waals surface area contributed by atoms with Crippen molar-refractivity contribution in [2.45, 2.75) is 26.3 Å². The summed E-state index contributed by atoms with van der Waals surface area (Å²) in [5, 5.41) is 2.84. The number of aryl methyl sites for hydroxylation is 1. The standard InChI is InChI=1S/C15H20N2O2/c1-3-13-15(19)16-7-8-17(13)10-14(18)12-6-4-5-11(2)9-12/h4-6,9,13H,3,7-8,10H2,1-2H3,(H,16,19). The second kappa shape index (κ2) is 5.97. The number of rotatable bonds is 4. The Labute approximate surface area is 113 Å². The van der Waals surface area contributed by atoms with Crippen LogP contribution in [0.4, 0.5) is 0 Å². The SMILES string of the molecule is CCC1C(=O)NCCN1CC(=O)c1cccc(C)c1. The van der Waals surface area contributed by atoms with E-state index in [-0.39, 0.29) is 17.7 Å². The Hall–Kier alpha value is -1.68. The lowest BCUT2D eigenvalue weighted by Gasteiger charge is -2.33. The number of carbonyl (C=O) groups excluding carboxylic acids is 2. The molecular weight excluding hydrogens is 240 g/mol. The highest BCUT2D eigenvalue weighted by molar-refractivity contribution is 5.98. The summed E-state index contributed by atoms with van der Waals surface area (Å²) in [6.45, 7) is 5.62. The van der Waals surface area contributed by atoms with Crippen molar-refractivity contribution in [3.63, 3.8) is 0 Å². The van der Waals surface area contributed by atoms with Crippen LogP contribution >= 0.6 is 0 Å². The topological polar surface area (TPSA) is 49.4 Å². The molecule has 0 aromatic heterocycles. The van der Waals surface area contributed by atoms with Crippen LogP contribution < -0.4 is 5.32 Å². The molecule has 1 saturated heterocycles. The first kappa shape index (κ1) is 13.7. The van der Waals surface area contributed by atoms with E-state index in [0.717, 1.165) is 24.1 Å². The average Bonchev–Trinajstić information content (AvgIpc) is 2.39. The molecule has 0 spiro atoms. The molecule has 1 heterocycles. The Morgan fingerprint density at radius 3 is 2.95 bits per heavy atom. The lowest BCUT2D eigenvalue weighted by Crippen LogP contribution is -2.56. The minimum atomic E-state index is -0.178. The third kappa shape index (κ3) is 3.20. The van der Waals surface area contributed by atoms with Gasteiger partial charge in [-0.05, 0) is 19.4 Å². The van der Waals surface area contributed by atoms with Gasteiger partial charge in [0.25, 0.3) is 0 Å². The zero-order valence-corrected chi connectivity index (χ0v) is 11.5. The molecule has 1 aromatic carbocycles. The molecule has 0 radical (unpaired) electrons. The summed E-state index contributed by atoms with van der Waals surface area (Å²) in [6, 6.07) is 7.42. The van der Waals surface area contributed by atoms with Gasteiger partial charge in [0.05, 0.1) is 12.6 Å². The molecule has 1 amide bonds. The lowest BCUT2D eigenvalue weighted by atomic mass is 10.1. The molecule has 1 aromatic rings. The van der Waals surface area contributed by atoms with Gasteiger partial charge < -0.3 is 5.32 Å². The zero-order chi connectivity index (χ0) is 13.8. The Morgan fingerprint density at radius 1 is 1.47 bits per heavy atom. The first-order valence-electron chi connectivity index (χ1n) is 6.73. The molecule has 1 atom stereocenters. The quantitative estimate of drug-likeness (QED) is 0.832. The smallest absolute Gasteiger partial charge is 0.237 e. The Morgan fingerprint density at radius 2 is 2.26 bits per heavy atom. The van der Waals surface area contributed by atoms with Crippen molar-refractivity contribution in [3.05, 3.63) is 35.4 Å². The van der Waals surface area contributed by atoms with Crippen molar-refractivity contribution in [1.29, 1.82) is 0 Å². The number of hydrogen-bond donors (Lipinski definition) is 1. The number of Topliss-reactive ketones (excluding diaryl/α,β-unsaturated/α-hetero) is 1. The lowest BCUT2D eigenvalue weighted by molar-refractivity contribution is -0.128. The average molecular weight is 260 g/mol. The molecule has 1 N–H and O–H groups in total. The molecule has 0 bridgehead atoms. The minimum Gasteiger partial charge on any atom is -0.353 e. The predicted octanol–water partition coefficient (Wildman–Crippen LogP) is 1.39. The van der Waals surface area contributed by atoms with E-state index in [4.69, 9.17) is 0 Å². The van der Waals surface area contributed by atoms with E-state index in [1.807, 2.05) is 43.0 Å². The van der Waals surface area contributed by atoms with Crippen LogP contribution in [0.15, 0.2) is 24.3 Å². The highest BCUT2D eigenvalue weighted by atomic mass is 16.2. The number of benzene rings is 1. The molecule has 0 aliphatic carbocycles. The van der Waals surface area contributed by atoms with Gasteiger partial charge in [-0.25, -0.2) is 0 Å². The number of piperazine rings is 1. The van der Waals surface area contributed by atoms with Crippen LogP contribution in [0.1, 0.15) is 29.3 Å². The van der Waals surface area contributed by atoms with Crippen molar-refractivity contribution >= 4 is 11.7 Å². The number of carbonyl (C=O) groups is 2. The summed E-state index contributed by atoms with van der Waals surface area (Å²) in [5.41, 5.74) is 1.80. The van der Waals surface area contributed by atoms with Gasteiger partial charge in [0.2, 0.25) is 5.91 Å². The van der Waals surface area contributed by atoms with Gasteiger partial charge in [0.15, 0.2) is 5.78 Å². The molecule has 1 aliphatic heterocycles. The highest BCUT2D eigenvalue weighted by Crippen LogP contribution is 2.11. The van der Waals surface area contributed by atoms with Gasteiger partial charge in [0.1, 0.15) is 0 Å². The fraction of sp³-hybridized carbons (Fsp3) is 0.467. The van der Waals surface area contributed by atoms with E-state index in [1.54, 1.807) is 0 Å². The Bertz CT molecular complexity index is 485. The van der Waals surface area contributed by atoms with Crippen molar-refractivity contribution in [3.8, 4) is 0 Å². The minimum absolute atomic E-state index is 0.0331. The van der Waals surface area contributed by atoms with Crippen LogP contribution in [-0.4, -0.2) is 42.3 Å². The van der Waals surface area contributed by atoms with Gasteiger partial charge in [-0.3, -0.25) is 14.5 Å². The van der Waals surface area contributed by atoms with Crippen LogP contribution in [0.5, 0.6) is 0 Å². The van der Waals surface area contributed by atoms with Crippen molar-refractivity contribution in [2.24, 2.45) is 0 Å². The molecule has 19 heavy (non-hydrogen) atoms. The first-order valence-corrected chi connectivity index (χ1v) is 6.73. The summed E-state index contributed by atoms with van der Waals surface area (Å²) in [6.07, 6.45) is 0.729. The maximum absolute atomic E-state index is 12.3. The van der Waals surface area contributed by atoms with E-state index in [1.165, 1.54) is 0 Å². The van der Waals surface area contributed by atoms with Crippen molar-refractivity contribution in [2.75, 3.05) is 19.6 Å². The molecule has 4 heteroatoms. The summed E-state index contributed by atoms with van der Waals surface area (Å²) < 4.78 is 0. The summed E-state index contributed by atoms with van der Waals surface area (Å²) >= 11 is 0. The predicted molar refractivity (Wildman–Crippen MR) is 74.2 cm³/mol. The second-order valence-electron chi connectivity index (χ2n) is 4.98. The van der Waals surface area contributed by atoms with E-state index in [0.29, 0.717) is 13.1 Å². The normalized spacial score (nSPS) is 20.1. The van der Waals surface area contributed by atoms with Gasteiger partial charge in [-0.1, -0.05) is 30.7 Å². The largest absolute Gasteiger partial charge is 0.353 e. The maximum atomic E-state index is 12.3. The third-order valence-electron chi connectivity index (χ3n) is 3.52. The van der Waals surface area contributed by atoms with Gasteiger partial charge in [0, 0.05) is 18.7 Å². The number of amides is 1. The number of nitrogens with zero attached hydrogens (tertiary/aromatic N) is 1. The van der Waals surface area contributed by atoms with E-state index >= 15 is 0 Å². The molecule has 2 rings (SSSR count). The summed E-state index contributed by atoms with van der Waals surface area (Å²) in [5.74, 6) is 0.114. The molecule has 102 valence electrons. The first-order chi connectivity index (χ1) is 9.11. The van der Waals surface area contributed by atoms with Gasteiger partial charge in [-0.15, -0.1) is 0 Å². The number of hydrogen-bond acceptors (Lipinski definition) is 3. The highest BCUT2D eigenvalue weighted by Gasteiger charge is 2.29. The summed E-state index contributed by atoms with van der Waals surface area (Å²) in [7, 11) is 0. The molecule has 1 aliphatic rings. The molecule has 1 unspecified atom stereocenters. The van der Waals surface area contributed by atoms with Crippen molar-refractivity contribution in [1.82, 2.24) is 10.2 Å². The molecule has 1 fully saturated rings. The second-order valence-corrected chi connectivity index (χ2v) is 4.98. The van der Waals surface area contributed by atoms with Crippen LogP contribution in [-0.2, 0) is 4.79 Å². The Balaban J connectivity index is 2.07. The van der Waals surface area contributed by atoms with Crippen LogP contribution in [0.25, 0.3) is 0 Å². The van der Waals surface area contributed by atoms with E-state index in [9.17, 15) is 9.59 Å². The van der Waals surface area contributed by atoms with Gasteiger partial charge in [-0.2, -0.15) is 0 Å². The van der Waals surface area contributed by atoms with Crippen molar-refractivity contribution < 1.29 is 9.59 Å². The van der Waals surface area contributed by atoms with E-state index in [2.05, 4.69) is 5.32 Å². The zero-order valence-electron chi connectivity index (χ0n) is 11.5. The van der Waals surface area contributed by atoms with E-state index < -0.39 is 0 Å². The Kier molecular flexibility index (Phi) is 4.32. The van der Waals surface area contributed by atoms with Crippen LogP contribution in [0.2, 0.25) is 0 Å². The monoisotopic (exact) mass is 260 g/mol. The molecular formula is C15H20N2O2. The maximum Gasteiger partial charge on any atom is 0.237 e. The van der Waals surface area contributed by atoms with Crippen LogP contribution in [0.3, 0.4) is 0 Å². The van der Waals surface area contributed by atoms with Crippen LogP contribution in [0, 0.1) is 6.92 Å². The fourth-order valence-corrected chi connectivity index (χ4v) is 2.49.